The van der Waals surface area contributed by atoms with E-state index < -0.39 is 0 Å². The highest BCUT2D eigenvalue weighted by Crippen LogP contribution is 2.38. The summed E-state index contributed by atoms with van der Waals surface area (Å²) >= 11 is 3.62. The summed E-state index contributed by atoms with van der Waals surface area (Å²) in [4.78, 5) is 10.3. The van der Waals surface area contributed by atoms with Crippen LogP contribution < -0.4 is 4.74 Å². The molecule has 0 N–H and O–H groups in total. The van der Waals surface area contributed by atoms with E-state index in [-0.39, 0.29) is 16.0 Å². The smallest absolute Gasteiger partial charge is 0.269 e. The minimum absolute atomic E-state index is 0.114. The maximum Gasteiger partial charge on any atom is 0.269 e. The zero-order chi connectivity index (χ0) is 14.6. The van der Waals surface area contributed by atoms with Crippen molar-refractivity contribution in [1.82, 2.24) is 0 Å². The van der Waals surface area contributed by atoms with Gasteiger partial charge in [0, 0.05) is 22.9 Å². The van der Waals surface area contributed by atoms with Crippen molar-refractivity contribution < 1.29 is 9.66 Å². The highest BCUT2D eigenvalue weighted by atomic mass is 79.9. The first kappa shape index (κ1) is 15.3. The third-order valence-corrected chi connectivity index (χ3v) is 5.29. The predicted molar refractivity (Wildman–Crippen MR) is 82.6 cm³/mol. The molecule has 0 heterocycles. The second-order valence-electron chi connectivity index (χ2n) is 5.69. The summed E-state index contributed by atoms with van der Waals surface area (Å²) in [7, 11) is 0. The number of nitro groups is 1. The average Bonchev–Trinajstić information content (AvgIpc) is 2.47. The van der Waals surface area contributed by atoms with E-state index in [0.29, 0.717) is 6.61 Å². The Labute approximate surface area is 127 Å². The van der Waals surface area contributed by atoms with E-state index in [1.165, 1.54) is 38.2 Å². The number of halogens is 1. The molecule has 4 nitrogen and oxygen atoms in total. The van der Waals surface area contributed by atoms with Crippen molar-refractivity contribution in [2.45, 2.75) is 39.0 Å². The van der Waals surface area contributed by atoms with Crippen molar-refractivity contribution in [2.24, 2.45) is 5.41 Å². The van der Waals surface area contributed by atoms with Gasteiger partial charge in [-0.05, 0) is 31.4 Å². The first-order valence-corrected chi connectivity index (χ1v) is 8.12. The first-order valence-electron chi connectivity index (χ1n) is 7.00. The molecule has 1 aromatic carbocycles. The van der Waals surface area contributed by atoms with Crippen molar-refractivity contribution in [3.63, 3.8) is 0 Å². The molecule has 2 rings (SSSR count). The van der Waals surface area contributed by atoms with Gasteiger partial charge in [0.25, 0.3) is 5.69 Å². The first-order chi connectivity index (χ1) is 9.56. The molecule has 0 aromatic heterocycles. The number of aryl methyl sites for hydroxylation is 1. The van der Waals surface area contributed by atoms with Gasteiger partial charge in [0.05, 0.1) is 11.5 Å². The minimum Gasteiger partial charge on any atom is -0.493 e. The van der Waals surface area contributed by atoms with Gasteiger partial charge in [-0.1, -0.05) is 35.2 Å². The van der Waals surface area contributed by atoms with E-state index in [0.717, 1.165) is 16.6 Å². The monoisotopic (exact) mass is 341 g/mol. The number of ether oxygens (including phenoxy) is 1. The van der Waals surface area contributed by atoms with Crippen LogP contribution in [0, 0.1) is 22.5 Å². The molecular formula is C15H20BrNO3. The molecule has 20 heavy (non-hydrogen) atoms. The Bertz CT molecular complexity index is 484. The lowest BCUT2D eigenvalue weighted by Gasteiger charge is -2.35. The predicted octanol–water partition coefficient (Wildman–Crippen LogP) is 4.63. The van der Waals surface area contributed by atoms with Gasteiger partial charge < -0.3 is 4.74 Å². The molecule has 0 aliphatic heterocycles. The number of hydrogen-bond donors (Lipinski definition) is 0. The van der Waals surface area contributed by atoms with Crippen molar-refractivity contribution in [3.05, 3.63) is 33.9 Å². The summed E-state index contributed by atoms with van der Waals surface area (Å²) in [5.74, 6) is 0.751. The molecule has 0 atom stereocenters. The molecular weight excluding hydrogens is 322 g/mol. The molecule has 0 unspecified atom stereocenters. The van der Waals surface area contributed by atoms with E-state index in [9.17, 15) is 10.1 Å². The molecule has 1 aromatic rings. The van der Waals surface area contributed by atoms with Crippen LogP contribution in [0.15, 0.2) is 18.2 Å². The lowest BCUT2D eigenvalue weighted by Crippen LogP contribution is -2.32. The van der Waals surface area contributed by atoms with E-state index in [2.05, 4.69) is 15.9 Å². The standard InChI is InChI=1S/C15H20BrNO3/c1-12-9-13(17(18)19)5-6-14(12)20-11-15(10-16)7-3-2-4-8-15/h5-6,9H,2-4,7-8,10-11H2,1H3. The Morgan fingerprint density at radius 2 is 2.05 bits per heavy atom. The van der Waals surface area contributed by atoms with Gasteiger partial charge in [0.15, 0.2) is 0 Å². The lowest BCUT2D eigenvalue weighted by atomic mass is 9.76. The SMILES string of the molecule is Cc1cc([N+](=O)[O-])ccc1OCC1(CBr)CCCCC1. The van der Waals surface area contributed by atoms with Crippen molar-refractivity contribution in [1.29, 1.82) is 0 Å². The molecule has 1 saturated carbocycles. The van der Waals surface area contributed by atoms with Crippen LogP contribution in [-0.4, -0.2) is 16.9 Å². The van der Waals surface area contributed by atoms with E-state index in [1.54, 1.807) is 12.1 Å². The van der Waals surface area contributed by atoms with Crippen LogP contribution in [0.4, 0.5) is 5.69 Å². The van der Waals surface area contributed by atoms with Gasteiger partial charge >= 0.3 is 0 Å². The molecule has 0 amide bonds. The average molecular weight is 342 g/mol. The van der Waals surface area contributed by atoms with Crippen molar-refractivity contribution >= 4 is 21.6 Å². The zero-order valence-electron chi connectivity index (χ0n) is 11.7. The molecule has 1 fully saturated rings. The second-order valence-corrected chi connectivity index (χ2v) is 6.25. The number of nitrogens with zero attached hydrogens (tertiary/aromatic N) is 1. The van der Waals surface area contributed by atoms with Crippen LogP contribution in [0.5, 0.6) is 5.75 Å². The Kier molecular flexibility index (Phi) is 5.02. The molecule has 0 spiro atoms. The largest absolute Gasteiger partial charge is 0.493 e. The molecule has 5 heteroatoms. The summed E-state index contributed by atoms with van der Waals surface area (Å²) in [5.41, 5.74) is 1.15. The number of nitro benzene ring substituents is 1. The highest BCUT2D eigenvalue weighted by Gasteiger charge is 2.32. The number of non-ortho nitro benzene ring substituents is 1. The normalized spacial score (nSPS) is 17.7. The number of benzene rings is 1. The van der Waals surface area contributed by atoms with Gasteiger partial charge in [-0.3, -0.25) is 10.1 Å². The summed E-state index contributed by atoms with van der Waals surface area (Å²) in [5, 5.41) is 11.7. The number of hydrogen-bond acceptors (Lipinski definition) is 3. The Balaban J connectivity index is 2.04. The van der Waals surface area contributed by atoms with E-state index in [4.69, 9.17) is 4.74 Å². The van der Waals surface area contributed by atoms with Gasteiger partial charge in [-0.15, -0.1) is 0 Å². The van der Waals surface area contributed by atoms with Crippen LogP contribution in [0.25, 0.3) is 0 Å². The van der Waals surface area contributed by atoms with E-state index >= 15 is 0 Å². The third-order valence-electron chi connectivity index (χ3n) is 4.10. The Morgan fingerprint density at radius 1 is 1.35 bits per heavy atom. The highest BCUT2D eigenvalue weighted by molar-refractivity contribution is 9.09. The Hall–Kier alpha value is -1.10. The van der Waals surface area contributed by atoms with E-state index in [1.807, 2.05) is 6.92 Å². The topological polar surface area (TPSA) is 52.4 Å². The summed E-state index contributed by atoms with van der Waals surface area (Å²) in [6.45, 7) is 2.53. The van der Waals surface area contributed by atoms with Crippen LogP contribution in [0.2, 0.25) is 0 Å². The van der Waals surface area contributed by atoms with Crippen LogP contribution in [0.3, 0.4) is 0 Å². The molecule has 0 radical (unpaired) electrons. The number of rotatable bonds is 5. The Morgan fingerprint density at radius 3 is 2.60 bits per heavy atom. The fourth-order valence-corrected chi connectivity index (χ4v) is 3.48. The molecule has 1 aliphatic carbocycles. The van der Waals surface area contributed by atoms with Gasteiger partial charge in [-0.2, -0.15) is 0 Å². The molecule has 1 aliphatic rings. The lowest BCUT2D eigenvalue weighted by molar-refractivity contribution is -0.384. The van der Waals surface area contributed by atoms with Crippen LogP contribution in [-0.2, 0) is 0 Å². The quantitative estimate of drug-likeness (QED) is 0.445. The van der Waals surface area contributed by atoms with Crippen LogP contribution in [0.1, 0.15) is 37.7 Å². The van der Waals surface area contributed by atoms with Gasteiger partial charge in [0.2, 0.25) is 0 Å². The third kappa shape index (κ3) is 3.51. The maximum atomic E-state index is 10.7. The maximum absolute atomic E-state index is 10.7. The summed E-state index contributed by atoms with van der Waals surface area (Å²) in [6.07, 6.45) is 6.20. The fraction of sp³-hybridized carbons (Fsp3) is 0.600. The molecule has 0 saturated heterocycles. The number of alkyl halides is 1. The minimum atomic E-state index is -0.377. The van der Waals surface area contributed by atoms with Crippen molar-refractivity contribution in [3.8, 4) is 5.75 Å². The molecule has 110 valence electrons. The van der Waals surface area contributed by atoms with Crippen molar-refractivity contribution in [2.75, 3.05) is 11.9 Å². The van der Waals surface area contributed by atoms with Gasteiger partial charge in [-0.25, -0.2) is 0 Å². The van der Waals surface area contributed by atoms with Crippen LogP contribution >= 0.6 is 15.9 Å². The zero-order valence-corrected chi connectivity index (χ0v) is 13.3. The fourth-order valence-electron chi connectivity index (χ4n) is 2.76. The summed E-state index contributed by atoms with van der Waals surface area (Å²) in [6, 6.07) is 4.78. The summed E-state index contributed by atoms with van der Waals surface area (Å²) < 4.78 is 5.95. The van der Waals surface area contributed by atoms with Gasteiger partial charge in [0.1, 0.15) is 5.75 Å². The molecule has 0 bridgehead atoms. The second kappa shape index (κ2) is 6.57.